The van der Waals surface area contributed by atoms with Crippen LogP contribution in [0, 0.1) is 11.8 Å². The number of anilines is 1. The lowest BCUT2D eigenvalue weighted by Gasteiger charge is -2.26. The summed E-state index contributed by atoms with van der Waals surface area (Å²) in [6, 6.07) is 8.50. The molecular formula is C17H23N3O. The fraction of sp³-hybridized carbons (Fsp3) is 0.588. The molecule has 2 fully saturated rings. The number of amides is 1. The maximum Gasteiger partial charge on any atom is 0.241 e. The second-order valence-electron chi connectivity index (χ2n) is 6.82. The molecule has 4 heteroatoms. The van der Waals surface area contributed by atoms with Crippen LogP contribution in [0.5, 0.6) is 0 Å². The summed E-state index contributed by atoms with van der Waals surface area (Å²) in [5.74, 6) is 1.47. The zero-order valence-electron chi connectivity index (χ0n) is 12.3. The van der Waals surface area contributed by atoms with E-state index < -0.39 is 0 Å². The Bertz CT molecular complexity index is 559. The van der Waals surface area contributed by atoms with Crippen LogP contribution in [0.25, 0.3) is 0 Å². The molecule has 4 nitrogen and oxygen atoms in total. The lowest BCUT2D eigenvalue weighted by Crippen LogP contribution is -2.43. The molecule has 0 spiro atoms. The molecule has 3 N–H and O–H groups in total. The maximum atomic E-state index is 12.6. The third-order valence-electron chi connectivity index (χ3n) is 5.65. The molecule has 112 valence electrons. The number of fused-ring (bicyclic) bond motifs is 2. The van der Waals surface area contributed by atoms with Gasteiger partial charge in [0.15, 0.2) is 0 Å². The maximum absolute atomic E-state index is 12.6. The molecule has 1 aliphatic carbocycles. The van der Waals surface area contributed by atoms with Crippen molar-refractivity contribution in [2.24, 2.45) is 17.6 Å². The van der Waals surface area contributed by atoms with E-state index in [1.54, 1.807) is 0 Å². The molecule has 1 saturated heterocycles. The molecule has 4 atom stereocenters. The zero-order valence-corrected chi connectivity index (χ0v) is 12.3. The highest BCUT2D eigenvalue weighted by atomic mass is 16.2. The molecule has 2 aliphatic heterocycles. The van der Waals surface area contributed by atoms with Gasteiger partial charge in [0, 0.05) is 24.8 Å². The number of nitrogens with two attached hydrogens (primary N) is 1. The van der Waals surface area contributed by atoms with Gasteiger partial charge in [-0.3, -0.25) is 9.69 Å². The summed E-state index contributed by atoms with van der Waals surface area (Å²) in [6.45, 7) is 2.05. The molecule has 0 aromatic heterocycles. The van der Waals surface area contributed by atoms with Crippen molar-refractivity contribution >= 4 is 11.6 Å². The standard InChI is InChI=1S/C17H23N3O/c18-14-7-5-12-9-20(10-13(12)14)16-8-6-11-3-1-2-4-15(11)19-17(16)21/h1-4,12-14,16H,5-10,18H2,(H,19,21). The molecule has 4 unspecified atom stereocenters. The van der Waals surface area contributed by atoms with Gasteiger partial charge in [0.25, 0.3) is 0 Å². The van der Waals surface area contributed by atoms with E-state index in [2.05, 4.69) is 16.3 Å². The van der Waals surface area contributed by atoms with E-state index in [4.69, 9.17) is 5.73 Å². The van der Waals surface area contributed by atoms with Crippen LogP contribution in [0.1, 0.15) is 24.8 Å². The SMILES string of the molecule is NC1CCC2CN(C3CCc4ccccc4NC3=O)CC12. The second-order valence-corrected chi connectivity index (χ2v) is 6.82. The quantitative estimate of drug-likeness (QED) is 0.824. The summed E-state index contributed by atoms with van der Waals surface area (Å²) >= 11 is 0. The summed E-state index contributed by atoms with van der Waals surface area (Å²) in [6.07, 6.45) is 4.28. The molecule has 0 bridgehead atoms. The van der Waals surface area contributed by atoms with Crippen LogP contribution in [0.2, 0.25) is 0 Å². The Labute approximate surface area is 125 Å². The van der Waals surface area contributed by atoms with Crippen LogP contribution < -0.4 is 11.1 Å². The average molecular weight is 285 g/mol. The predicted octanol–water partition coefficient (Wildman–Crippen LogP) is 1.61. The Morgan fingerprint density at radius 1 is 1.14 bits per heavy atom. The molecule has 21 heavy (non-hydrogen) atoms. The largest absolute Gasteiger partial charge is 0.327 e. The predicted molar refractivity (Wildman–Crippen MR) is 82.9 cm³/mol. The van der Waals surface area contributed by atoms with Gasteiger partial charge in [0.05, 0.1) is 6.04 Å². The number of hydrogen-bond donors (Lipinski definition) is 2. The highest BCUT2D eigenvalue weighted by Gasteiger charge is 2.44. The van der Waals surface area contributed by atoms with Crippen LogP contribution in [0.3, 0.4) is 0 Å². The summed E-state index contributed by atoms with van der Waals surface area (Å²) < 4.78 is 0. The van der Waals surface area contributed by atoms with E-state index >= 15 is 0 Å². The Hall–Kier alpha value is -1.39. The normalized spacial score (nSPS) is 36.0. The fourth-order valence-electron chi connectivity index (χ4n) is 4.44. The topological polar surface area (TPSA) is 58.4 Å². The smallest absolute Gasteiger partial charge is 0.241 e. The first-order valence-corrected chi connectivity index (χ1v) is 8.11. The Morgan fingerprint density at radius 2 is 2.00 bits per heavy atom. The van der Waals surface area contributed by atoms with Crippen LogP contribution >= 0.6 is 0 Å². The number of carbonyl (C=O) groups excluding carboxylic acids is 1. The molecule has 4 rings (SSSR count). The van der Waals surface area contributed by atoms with Crippen molar-refractivity contribution in [1.29, 1.82) is 0 Å². The fourth-order valence-corrected chi connectivity index (χ4v) is 4.44. The minimum absolute atomic E-state index is 0.00944. The number of nitrogens with zero attached hydrogens (tertiary/aromatic N) is 1. The van der Waals surface area contributed by atoms with Crippen molar-refractivity contribution in [3.05, 3.63) is 29.8 Å². The van der Waals surface area contributed by atoms with Gasteiger partial charge in [0.2, 0.25) is 5.91 Å². The number of likely N-dealkylation sites (tertiary alicyclic amines) is 1. The van der Waals surface area contributed by atoms with Gasteiger partial charge in [-0.1, -0.05) is 18.2 Å². The Morgan fingerprint density at radius 3 is 2.86 bits per heavy atom. The third kappa shape index (κ3) is 2.27. The van der Waals surface area contributed by atoms with Crippen LogP contribution in [0.4, 0.5) is 5.69 Å². The summed E-state index contributed by atoms with van der Waals surface area (Å²) in [5, 5.41) is 3.11. The van der Waals surface area contributed by atoms with E-state index in [-0.39, 0.29) is 11.9 Å². The van der Waals surface area contributed by atoms with Crippen molar-refractivity contribution in [1.82, 2.24) is 4.90 Å². The molecule has 3 aliphatic rings. The summed E-state index contributed by atoms with van der Waals surface area (Å²) in [7, 11) is 0. The Kier molecular flexibility index (Phi) is 3.23. The number of para-hydroxylation sites is 1. The number of rotatable bonds is 1. The minimum atomic E-state index is 0.00944. The van der Waals surface area contributed by atoms with E-state index in [1.165, 1.54) is 12.0 Å². The minimum Gasteiger partial charge on any atom is -0.327 e. The summed E-state index contributed by atoms with van der Waals surface area (Å²) in [5.41, 5.74) is 8.46. The molecule has 1 aromatic rings. The van der Waals surface area contributed by atoms with Gasteiger partial charge < -0.3 is 11.1 Å². The van der Waals surface area contributed by atoms with Crippen LogP contribution in [-0.2, 0) is 11.2 Å². The third-order valence-corrected chi connectivity index (χ3v) is 5.65. The molecular weight excluding hydrogens is 262 g/mol. The van der Waals surface area contributed by atoms with Crippen molar-refractivity contribution in [3.63, 3.8) is 0 Å². The molecule has 0 radical (unpaired) electrons. The summed E-state index contributed by atoms with van der Waals surface area (Å²) in [4.78, 5) is 15.0. The average Bonchev–Trinajstić information content (AvgIpc) is 2.98. The lowest BCUT2D eigenvalue weighted by molar-refractivity contribution is -0.121. The first kappa shape index (κ1) is 13.3. The number of hydrogen-bond acceptors (Lipinski definition) is 3. The van der Waals surface area contributed by atoms with E-state index in [9.17, 15) is 4.79 Å². The van der Waals surface area contributed by atoms with Crippen molar-refractivity contribution in [2.45, 2.75) is 37.8 Å². The number of aryl methyl sites for hydroxylation is 1. The first-order chi connectivity index (χ1) is 10.2. The van der Waals surface area contributed by atoms with Gasteiger partial charge in [-0.05, 0) is 49.1 Å². The van der Waals surface area contributed by atoms with Crippen LogP contribution in [-0.4, -0.2) is 36.0 Å². The van der Waals surface area contributed by atoms with Gasteiger partial charge >= 0.3 is 0 Å². The van der Waals surface area contributed by atoms with E-state index in [1.807, 2.05) is 18.2 Å². The molecule has 1 aromatic carbocycles. The van der Waals surface area contributed by atoms with Crippen molar-refractivity contribution in [3.8, 4) is 0 Å². The molecule has 1 amide bonds. The van der Waals surface area contributed by atoms with Crippen LogP contribution in [0.15, 0.2) is 24.3 Å². The van der Waals surface area contributed by atoms with Gasteiger partial charge in [-0.2, -0.15) is 0 Å². The van der Waals surface area contributed by atoms with Crippen molar-refractivity contribution < 1.29 is 4.79 Å². The van der Waals surface area contributed by atoms with Gasteiger partial charge in [-0.15, -0.1) is 0 Å². The highest BCUT2D eigenvalue weighted by Crippen LogP contribution is 2.39. The highest BCUT2D eigenvalue weighted by molar-refractivity contribution is 5.96. The number of carbonyl (C=O) groups is 1. The molecule has 2 heterocycles. The lowest BCUT2D eigenvalue weighted by atomic mass is 9.98. The first-order valence-electron chi connectivity index (χ1n) is 8.11. The zero-order chi connectivity index (χ0) is 14.4. The van der Waals surface area contributed by atoms with Crippen molar-refractivity contribution in [2.75, 3.05) is 18.4 Å². The molecule has 1 saturated carbocycles. The second kappa shape index (κ2) is 5.11. The monoisotopic (exact) mass is 285 g/mol. The van der Waals surface area contributed by atoms with E-state index in [0.29, 0.717) is 17.9 Å². The number of benzene rings is 1. The van der Waals surface area contributed by atoms with E-state index in [0.717, 1.165) is 38.0 Å². The van der Waals surface area contributed by atoms with Gasteiger partial charge in [0.1, 0.15) is 0 Å². The Balaban J connectivity index is 1.51. The number of nitrogens with one attached hydrogen (secondary N) is 1. The van der Waals surface area contributed by atoms with Gasteiger partial charge in [-0.25, -0.2) is 0 Å².